The summed E-state index contributed by atoms with van der Waals surface area (Å²) >= 11 is 0. The van der Waals surface area contributed by atoms with Crippen molar-refractivity contribution in [3.05, 3.63) is 12.2 Å². The van der Waals surface area contributed by atoms with Crippen LogP contribution in [-0.4, -0.2) is 25.2 Å². The molecule has 10 heavy (non-hydrogen) atoms. The zero-order valence-corrected chi connectivity index (χ0v) is 6.02. The van der Waals surface area contributed by atoms with E-state index in [0.29, 0.717) is 18.2 Å². The van der Waals surface area contributed by atoms with Gasteiger partial charge in [-0.05, 0) is 6.92 Å². The van der Waals surface area contributed by atoms with Crippen LogP contribution in [-0.2, 0) is 9.53 Å². The fourth-order valence-corrected chi connectivity index (χ4v) is 0.501. The molecule has 3 nitrogen and oxygen atoms in total. The average molecular weight is 141 g/mol. The molecule has 3 heteroatoms. The lowest BCUT2D eigenvalue weighted by Gasteiger charge is -2.00. The van der Waals surface area contributed by atoms with Crippen LogP contribution in [0.25, 0.3) is 0 Å². The van der Waals surface area contributed by atoms with Crippen LogP contribution in [0.4, 0.5) is 0 Å². The lowest BCUT2D eigenvalue weighted by molar-refractivity contribution is -0.138. The van der Waals surface area contributed by atoms with Crippen molar-refractivity contribution in [1.82, 2.24) is 5.32 Å². The second-order valence-corrected chi connectivity index (χ2v) is 2.48. The summed E-state index contributed by atoms with van der Waals surface area (Å²) in [4.78, 5) is 10.7. The van der Waals surface area contributed by atoms with Crippen LogP contribution in [0.2, 0.25) is 0 Å². The topological polar surface area (TPSA) is 48.2 Å². The Morgan fingerprint density at radius 2 is 2.50 bits per heavy atom. The number of nitrogens with one attached hydrogen (secondary N) is 1. The molecule has 1 rings (SSSR count). The third-order valence-corrected chi connectivity index (χ3v) is 1.26. The van der Waals surface area contributed by atoms with Crippen LogP contribution >= 0.6 is 0 Å². The van der Waals surface area contributed by atoms with Gasteiger partial charge in [-0.15, -0.1) is 0 Å². The molecule has 0 aromatic rings. The SMILES string of the molecule is C=C(C)C(=O)OCC1CN1. The van der Waals surface area contributed by atoms with E-state index in [0.717, 1.165) is 6.54 Å². The maximum absolute atomic E-state index is 10.7. The van der Waals surface area contributed by atoms with Gasteiger partial charge in [-0.25, -0.2) is 4.79 Å². The summed E-state index contributed by atoms with van der Waals surface area (Å²) in [6.45, 7) is 6.54. The van der Waals surface area contributed by atoms with E-state index in [1.165, 1.54) is 0 Å². The monoisotopic (exact) mass is 141 g/mol. The van der Waals surface area contributed by atoms with Crippen molar-refractivity contribution in [3.63, 3.8) is 0 Å². The van der Waals surface area contributed by atoms with Crippen molar-refractivity contribution in [3.8, 4) is 0 Å². The van der Waals surface area contributed by atoms with Crippen LogP contribution < -0.4 is 5.32 Å². The van der Waals surface area contributed by atoms with Gasteiger partial charge in [0.2, 0.25) is 0 Å². The summed E-state index contributed by atoms with van der Waals surface area (Å²) in [6.07, 6.45) is 0. The summed E-state index contributed by atoms with van der Waals surface area (Å²) in [7, 11) is 0. The molecule has 1 aliphatic rings. The predicted molar refractivity (Wildman–Crippen MR) is 37.6 cm³/mol. The zero-order chi connectivity index (χ0) is 7.56. The van der Waals surface area contributed by atoms with Gasteiger partial charge in [0.15, 0.2) is 0 Å². The molecule has 1 N–H and O–H groups in total. The normalized spacial score (nSPS) is 21.9. The van der Waals surface area contributed by atoms with E-state index in [2.05, 4.69) is 11.9 Å². The molecule has 0 spiro atoms. The lowest BCUT2D eigenvalue weighted by Crippen LogP contribution is -2.11. The molecular formula is C7H11NO2. The van der Waals surface area contributed by atoms with Gasteiger partial charge in [-0.3, -0.25) is 0 Å². The number of esters is 1. The molecule has 0 aromatic heterocycles. The first-order valence-corrected chi connectivity index (χ1v) is 3.26. The van der Waals surface area contributed by atoms with E-state index in [-0.39, 0.29) is 5.97 Å². The van der Waals surface area contributed by atoms with Crippen molar-refractivity contribution in [2.45, 2.75) is 13.0 Å². The Hall–Kier alpha value is -0.830. The maximum atomic E-state index is 10.7. The molecule has 0 aliphatic carbocycles. The molecule has 1 saturated heterocycles. The Kier molecular flexibility index (Phi) is 2.06. The molecule has 0 amide bonds. The van der Waals surface area contributed by atoms with Crippen LogP contribution in [0, 0.1) is 0 Å². The summed E-state index contributed by atoms with van der Waals surface area (Å²) in [5.74, 6) is -0.297. The molecule has 0 aromatic carbocycles. The second kappa shape index (κ2) is 2.84. The van der Waals surface area contributed by atoms with Crippen molar-refractivity contribution in [2.24, 2.45) is 0 Å². The molecule has 0 bridgehead atoms. The van der Waals surface area contributed by atoms with Crippen molar-refractivity contribution in [1.29, 1.82) is 0 Å². The minimum atomic E-state index is -0.297. The smallest absolute Gasteiger partial charge is 0.333 e. The fraction of sp³-hybridized carbons (Fsp3) is 0.571. The quantitative estimate of drug-likeness (QED) is 0.344. The Morgan fingerprint density at radius 3 is 2.90 bits per heavy atom. The molecule has 1 atom stereocenters. The van der Waals surface area contributed by atoms with Crippen LogP contribution in [0.3, 0.4) is 0 Å². The zero-order valence-electron chi connectivity index (χ0n) is 6.02. The van der Waals surface area contributed by atoms with E-state index in [1.807, 2.05) is 0 Å². The Bertz CT molecular complexity index is 161. The van der Waals surface area contributed by atoms with E-state index >= 15 is 0 Å². The first kappa shape index (κ1) is 7.28. The number of carbonyl (C=O) groups excluding carboxylic acids is 1. The first-order valence-electron chi connectivity index (χ1n) is 3.26. The first-order chi connectivity index (χ1) is 4.70. The largest absolute Gasteiger partial charge is 0.461 e. The summed E-state index contributed by atoms with van der Waals surface area (Å²) in [5, 5.41) is 3.02. The molecule has 1 aliphatic heterocycles. The average Bonchev–Trinajstić information content (AvgIpc) is 2.64. The van der Waals surface area contributed by atoms with Crippen LogP contribution in [0.15, 0.2) is 12.2 Å². The summed E-state index contributed by atoms with van der Waals surface area (Å²) in [6, 6.07) is 0.392. The third kappa shape index (κ3) is 2.19. The third-order valence-electron chi connectivity index (χ3n) is 1.26. The molecule has 0 saturated carbocycles. The lowest BCUT2D eigenvalue weighted by atomic mass is 10.4. The molecule has 1 heterocycles. The Labute approximate surface area is 60.1 Å². The second-order valence-electron chi connectivity index (χ2n) is 2.48. The van der Waals surface area contributed by atoms with Gasteiger partial charge in [0.05, 0.1) is 6.04 Å². The van der Waals surface area contributed by atoms with Gasteiger partial charge < -0.3 is 10.1 Å². The fourth-order valence-electron chi connectivity index (χ4n) is 0.501. The molecule has 0 radical (unpaired) electrons. The Balaban J connectivity index is 2.11. The van der Waals surface area contributed by atoms with Crippen molar-refractivity contribution in [2.75, 3.05) is 13.2 Å². The molecule has 56 valence electrons. The minimum absolute atomic E-state index is 0.297. The Morgan fingerprint density at radius 1 is 1.90 bits per heavy atom. The number of hydrogen-bond donors (Lipinski definition) is 1. The van der Waals surface area contributed by atoms with E-state index in [1.54, 1.807) is 6.92 Å². The van der Waals surface area contributed by atoms with E-state index < -0.39 is 0 Å². The summed E-state index contributed by atoms with van der Waals surface area (Å²) in [5.41, 5.74) is 0.459. The number of ether oxygens (including phenoxy) is 1. The van der Waals surface area contributed by atoms with E-state index in [9.17, 15) is 4.79 Å². The predicted octanol–water partition coefficient (Wildman–Crippen LogP) is 0.0775. The van der Waals surface area contributed by atoms with Gasteiger partial charge in [0, 0.05) is 12.1 Å². The highest BCUT2D eigenvalue weighted by Gasteiger charge is 2.21. The highest BCUT2D eigenvalue weighted by molar-refractivity contribution is 5.86. The molecule has 1 fully saturated rings. The molecule has 1 unspecified atom stereocenters. The van der Waals surface area contributed by atoms with Crippen molar-refractivity contribution >= 4 is 5.97 Å². The highest BCUT2D eigenvalue weighted by atomic mass is 16.5. The number of rotatable bonds is 3. The van der Waals surface area contributed by atoms with Crippen molar-refractivity contribution < 1.29 is 9.53 Å². The summed E-state index contributed by atoms with van der Waals surface area (Å²) < 4.78 is 4.83. The van der Waals surface area contributed by atoms with Gasteiger partial charge in [-0.1, -0.05) is 6.58 Å². The van der Waals surface area contributed by atoms with Crippen LogP contribution in [0.1, 0.15) is 6.92 Å². The minimum Gasteiger partial charge on any atom is -0.461 e. The van der Waals surface area contributed by atoms with Gasteiger partial charge in [0.1, 0.15) is 6.61 Å². The number of hydrogen-bond acceptors (Lipinski definition) is 3. The van der Waals surface area contributed by atoms with E-state index in [4.69, 9.17) is 4.74 Å². The van der Waals surface area contributed by atoms with Crippen LogP contribution in [0.5, 0.6) is 0 Å². The standard InChI is InChI=1S/C7H11NO2/c1-5(2)7(9)10-4-6-3-8-6/h6,8H,1,3-4H2,2H3. The van der Waals surface area contributed by atoms with Gasteiger partial charge >= 0.3 is 5.97 Å². The maximum Gasteiger partial charge on any atom is 0.333 e. The number of carbonyl (C=O) groups is 1. The van der Waals surface area contributed by atoms with Gasteiger partial charge in [-0.2, -0.15) is 0 Å². The highest BCUT2D eigenvalue weighted by Crippen LogP contribution is 1.99. The van der Waals surface area contributed by atoms with Gasteiger partial charge in [0.25, 0.3) is 0 Å². The molecular weight excluding hydrogens is 130 g/mol.